The van der Waals surface area contributed by atoms with Crippen LogP contribution in [-0.4, -0.2) is 40.4 Å². The van der Waals surface area contributed by atoms with Gasteiger partial charge in [0.1, 0.15) is 0 Å². The van der Waals surface area contributed by atoms with Crippen molar-refractivity contribution in [3.8, 4) is 5.75 Å². The van der Waals surface area contributed by atoms with Crippen molar-refractivity contribution in [2.24, 2.45) is 5.73 Å². The van der Waals surface area contributed by atoms with Gasteiger partial charge in [-0.15, -0.1) is 0 Å². The maximum atomic E-state index is 6.63. The van der Waals surface area contributed by atoms with Gasteiger partial charge in [0, 0.05) is 11.6 Å². The van der Waals surface area contributed by atoms with E-state index in [0.717, 1.165) is 24.5 Å². The topological polar surface area (TPSA) is 56.3 Å². The average molecular weight is 280 g/mol. The monoisotopic (exact) mass is 280 g/mol. The molecule has 1 aliphatic rings. The maximum absolute atomic E-state index is 6.63. The van der Waals surface area contributed by atoms with E-state index in [9.17, 15) is 0 Å². The maximum Gasteiger partial charge on any atom is 0.161 e. The van der Waals surface area contributed by atoms with Gasteiger partial charge in [-0.25, -0.2) is 0 Å². The van der Waals surface area contributed by atoms with Gasteiger partial charge in [0.05, 0.1) is 25.0 Å². The Balaban J connectivity index is 2.36. The number of aromatic nitrogens is 2. The molecule has 0 amide bonds. The molecule has 5 nitrogen and oxygen atoms in total. The van der Waals surface area contributed by atoms with Crippen molar-refractivity contribution in [2.75, 3.05) is 20.2 Å². The highest BCUT2D eigenvalue weighted by Crippen LogP contribution is 2.36. The van der Waals surface area contributed by atoms with Crippen LogP contribution in [0.1, 0.15) is 58.3 Å². The number of rotatable bonds is 5. The Bertz CT molecular complexity index is 447. The highest BCUT2D eigenvalue weighted by Gasteiger charge is 2.38. The molecule has 0 spiro atoms. The molecule has 1 aromatic rings. The van der Waals surface area contributed by atoms with E-state index < -0.39 is 0 Å². The lowest BCUT2D eigenvalue weighted by Crippen LogP contribution is -2.50. The molecule has 0 radical (unpaired) electrons. The number of hydrogen-bond acceptors (Lipinski definition) is 4. The zero-order chi connectivity index (χ0) is 14.9. The number of hydrogen-bond donors (Lipinski definition) is 1. The van der Waals surface area contributed by atoms with E-state index in [2.05, 4.69) is 37.7 Å². The van der Waals surface area contributed by atoms with E-state index in [-0.39, 0.29) is 17.6 Å². The second-order valence-electron chi connectivity index (χ2n) is 6.46. The average Bonchev–Trinajstić information content (AvgIpc) is 3.06. The van der Waals surface area contributed by atoms with Crippen LogP contribution in [-0.2, 0) is 0 Å². The number of ether oxygens (including phenoxy) is 1. The summed E-state index contributed by atoms with van der Waals surface area (Å²) in [6, 6.07) is 0.148. The van der Waals surface area contributed by atoms with Crippen LogP contribution in [0.3, 0.4) is 0 Å². The van der Waals surface area contributed by atoms with Crippen molar-refractivity contribution in [2.45, 2.75) is 58.2 Å². The number of nitrogens with zero attached hydrogens (tertiary/aromatic N) is 3. The van der Waals surface area contributed by atoms with E-state index in [1.807, 2.05) is 4.68 Å². The summed E-state index contributed by atoms with van der Waals surface area (Å²) >= 11 is 0. The van der Waals surface area contributed by atoms with Crippen molar-refractivity contribution in [1.29, 1.82) is 0 Å². The van der Waals surface area contributed by atoms with E-state index >= 15 is 0 Å². The summed E-state index contributed by atoms with van der Waals surface area (Å²) in [6.45, 7) is 10.9. The molecule has 1 aromatic heterocycles. The van der Waals surface area contributed by atoms with Gasteiger partial charge in [0.2, 0.25) is 0 Å². The Morgan fingerprint density at radius 1 is 1.30 bits per heavy atom. The Morgan fingerprint density at radius 2 is 1.90 bits per heavy atom. The fourth-order valence-electron chi connectivity index (χ4n) is 3.05. The molecule has 114 valence electrons. The van der Waals surface area contributed by atoms with Crippen LogP contribution in [0.4, 0.5) is 0 Å². The third kappa shape index (κ3) is 2.56. The summed E-state index contributed by atoms with van der Waals surface area (Å²) in [6.07, 6.45) is 4.29. The minimum absolute atomic E-state index is 0.101. The van der Waals surface area contributed by atoms with Crippen LogP contribution in [0.25, 0.3) is 0 Å². The minimum atomic E-state index is -0.125. The van der Waals surface area contributed by atoms with Crippen LogP contribution >= 0.6 is 0 Å². The second kappa shape index (κ2) is 5.74. The van der Waals surface area contributed by atoms with Crippen LogP contribution in [0.5, 0.6) is 5.75 Å². The minimum Gasteiger partial charge on any atom is -0.493 e. The Morgan fingerprint density at radius 3 is 2.40 bits per heavy atom. The lowest BCUT2D eigenvalue weighted by molar-refractivity contribution is 0.118. The van der Waals surface area contributed by atoms with Gasteiger partial charge in [-0.3, -0.25) is 9.58 Å². The molecule has 1 saturated heterocycles. The van der Waals surface area contributed by atoms with Crippen molar-refractivity contribution in [3.05, 3.63) is 11.9 Å². The number of nitrogens with two attached hydrogens (primary N) is 1. The number of methoxy groups -OCH3 is 1. The molecule has 1 aliphatic heterocycles. The lowest BCUT2D eigenvalue weighted by Gasteiger charge is -2.40. The van der Waals surface area contributed by atoms with Crippen LogP contribution in [0, 0.1) is 0 Å². The summed E-state index contributed by atoms with van der Waals surface area (Å²) in [4.78, 5) is 2.48. The molecule has 5 heteroatoms. The van der Waals surface area contributed by atoms with E-state index in [1.165, 1.54) is 12.8 Å². The first kappa shape index (κ1) is 15.3. The van der Waals surface area contributed by atoms with Gasteiger partial charge < -0.3 is 10.5 Å². The van der Waals surface area contributed by atoms with Crippen molar-refractivity contribution in [1.82, 2.24) is 14.7 Å². The van der Waals surface area contributed by atoms with Crippen molar-refractivity contribution >= 4 is 0 Å². The molecule has 1 fully saturated rings. The molecule has 2 heterocycles. The summed E-state index contributed by atoms with van der Waals surface area (Å²) in [5, 5.41) is 4.44. The first-order chi connectivity index (χ1) is 9.39. The Hall–Kier alpha value is -1.07. The SMILES string of the molecule is COc1cnn(C(C)C)c1C(N)C(C)(C)N1CCCC1. The van der Waals surface area contributed by atoms with E-state index in [4.69, 9.17) is 10.5 Å². The van der Waals surface area contributed by atoms with Crippen LogP contribution < -0.4 is 10.5 Å². The molecule has 20 heavy (non-hydrogen) atoms. The molecule has 2 rings (SSSR count). The predicted molar refractivity (Wildman–Crippen MR) is 81.0 cm³/mol. The number of likely N-dealkylation sites (tertiary alicyclic amines) is 1. The molecule has 0 saturated carbocycles. The van der Waals surface area contributed by atoms with Gasteiger partial charge in [0.15, 0.2) is 5.75 Å². The standard InChI is InChI=1S/C15H28N4O/c1-11(2)19-13(12(20-5)10-17-19)14(16)15(3,4)18-8-6-7-9-18/h10-11,14H,6-9,16H2,1-5H3. The summed E-state index contributed by atoms with van der Waals surface area (Å²) < 4.78 is 7.46. The highest BCUT2D eigenvalue weighted by atomic mass is 16.5. The third-order valence-corrected chi connectivity index (χ3v) is 4.48. The fraction of sp³-hybridized carbons (Fsp3) is 0.800. The smallest absolute Gasteiger partial charge is 0.161 e. The molecule has 0 aromatic carbocycles. The normalized spacial score (nSPS) is 18.8. The Labute approximate surface area is 122 Å². The van der Waals surface area contributed by atoms with Gasteiger partial charge in [-0.05, 0) is 53.6 Å². The van der Waals surface area contributed by atoms with Crippen LogP contribution in [0.2, 0.25) is 0 Å². The quantitative estimate of drug-likeness (QED) is 0.899. The largest absolute Gasteiger partial charge is 0.493 e. The first-order valence-corrected chi connectivity index (χ1v) is 7.51. The van der Waals surface area contributed by atoms with E-state index in [1.54, 1.807) is 13.3 Å². The first-order valence-electron chi connectivity index (χ1n) is 7.51. The highest BCUT2D eigenvalue weighted by molar-refractivity contribution is 5.31. The summed E-state index contributed by atoms with van der Waals surface area (Å²) in [7, 11) is 1.68. The molecular weight excluding hydrogens is 252 g/mol. The van der Waals surface area contributed by atoms with Gasteiger partial charge in [-0.2, -0.15) is 5.10 Å². The van der Waals surface area contributed by atoms with Gasteiger partial charge in [0.25, 0.3) is 0 Å². The van der Waals surface area contributed by atoms with Crippen LogP contribution in [0.15, 0.2) is 6.20 Å². The molecular formula is C15H28N4O. The molecule has 1 atom stereocenters. The zero-order valence-corrected chi connectivity index (χ0v) is 13.4. The Kier molecular flexibility index (Phi) is 4.39. The molecule has 1 unspecified atom stereocenters. The van der Waals surface area contributed by atoms with Gasteiger partial charge in [-0.1, -0.05) is 0 Å². The predicted octanol–water partition coefficient (Wildman–Crippen LogP) is 2.35. The molecule has 0 aliphatic carbocycles. The second-order valence-corrected chi connectivity index (χ2v) is 6.46. The summed E-state index contributed by atoms with van der Waals surface area (Å²) in [5.74, 6) is 0.790. The van der Waals surface area contributed by atoms with E-state index in [0.29, 0.717) is 0 Å². The van der Waals surface area contributed by atoms with Gasteiger partial charge >= 0.3 is 0 Å². The summed E-state index contributed by atoms with van der Waals surface area (Å²) in [5.41, 5.74) is 7.53. The molecule has 0 bridgehead atoms. The fourth-order valence-corrected chi connectivity index (χ4v) is 3.05. The zero-order valence-electron chi connectivity index (χ0n) is 13.4. The lowest BCUT2D eigenvalue weighted by atomic mass is 9.90. The van der Waals surface area contributed by atoms with Crippen molar-refractivity contribution in [3.63, 3.8) is 0 Å². The van der Waals surface area contributed by atoms with Crippen molar-refractivity contribution < 1.29 is 4.74 Å². The third-order valence-electron chi connectivity index (χ3n) is 4.48. The molecule has 2 N–H and O–H groups in total.